The topological polar surface area (TPSA) is 60.2 Å². The predicted octanol–water partition coefficient (Wildman–Crippen LogP) is 2.13. The van der Waals surface area contributed by atoms with E-state index in [1.807, 2.05) is 0 Å². The molecule has 0 N–H and O–H groups in total. The SMILES string of the molecule is CSc1ccc(C=O)cc1[N+](=O)[O-]. The maximum absolute atomic E-state index is 10.5. The molecule has 0 atom stereocenters. The van der Waals surface area contributed by atoms with Crippen LogP contribution in [0.5, 0.6) is 0 Å². The quantitative estimate of drug-likeness (QED) is 0.322. The minimum Gasteiger partial charge on any atom is -0.298 e. The van der Waals surface area contributed by atoms with Crippen molar-refractivity contribution in [3.05, 3.63) is 33.9 Å². The van der Waals surface area contributed by atoms with Gasteiger partial charge < -0.3 is 0 Å². The minimum atomic E-state index is -0.487. The highest BCUT2D eigenvalue weighted by atomic mass is 32.2. The molecule has 0 saturated heterocycles. The summed E-state index contributed by atoms with van der Waals surface area (Å²) in [6.07, 6.45) is 2.35. The van der Waals surface area contributed by atoms with Gasteiger partial charge in [-0.15, -0.1) is 11.8 Å². The summed E-state index contributed by atoms with van der Waals surface area (Å²) >= 11 is 1.29. The van der Waals surface area contributed by atoms with Gasteiger partial charge in [-0.2, -0.15) is 0 Å². The number of thioether (sulfide) groups is 1. The summed E-state index contributed by atoms with van der Waals surface area (Å²) in [6.45, 7) is 0. The third-order valence-electron chi connectivity index (χ3n) is 1.54. The van der Waals surface area contributed by atoms with Crippen molar-refractivity contribution in [2.45, 2.75) is 4.90 Å². The summed E-state index contributed by atoms with van der Waals surface area (Å²) in [5.74, 6) is 0. The fourth-order valence-electron chi connectivity index (χ4n) is 0.923. The number of benzene rings is 1. The average Bonchev–Trinajstić information content (AvgIpc) is 2.16. The van der Waals surface area contributed by atoms with Crippen LogP contribution < -0.4 is 0 Å². The molecule has 0 heterocycles. The largest absolute Gasteiger partial charge is 0.298 e. The lowest BCUT2D eigenvalue weighted by molar-refractivity contribution is -0.387. The molecule has 0 spiro atoms. The second-order valence-electron chi connectivity index (χ2n) is 2.31. The van der Waals surface area contributed by atoms with Gasteiger partial charge in [0.25, 0.3) is 5.69 Å². The molecule has 0 aliphatic heterocycles. The van der Waals surface area contributed by atoms with Crippen molar-refractivity contribution < 1.29 is 9.72 Å². The number of hydrogen-bond acceptors (Lipinski definition) is 4. The molecule has 0 fully saturated rings. The first-order valence-electron chi connectivity index (χ1n) is 3.46. The molecule has 1 rings (SSSR count). The van der Waals surface area contributed by atoms with Crippen LogP contribution in [0.4, 0.5) is 5.69 Å². The molecule has 0 amide bonds. The molecule has 5 heteroatoms. The van der Waals surface area contributed by atoms with E-state index in [1.165, 1.54) is 17.8 Å². The maximum Gasteiger partial charge on any atom is 0.283 e. The number of rotatable bonds is 3. The lowest BCUT2D eigenvalue weighted by Crippen LogP contribution is -1.92. The van der Waals surface area contributed by atoms with Gasteiger partial charge in [-0.3, -0.25) is 14.9 Å². The van der Waals surface area contributed by atoms with Crippen molar-refractivity contribution in [3.8, 4) is 0 Å². The fraction of sp³-hybridized carbons (Fsp3) is 0.125. The van der Waals surface area contributed by atoms with Crippen LogP contribution in [0.15, 0.2) is 23.1 Å². The summed E-state index contributed by atoms with van der Waals surface area (Å²) in [6, 6.07) is 4.41. The summed E-state index contributed by atoms with van der Waals surface area (Å²) < 4.78 is 0. The van der Waals surface area contributed by atoms with Crippen molar-refractivity contribution in [2.24, 2.45) is 0 Å². The summed E-state index contributed by atoms with van der Waals surface area (Å²) in [4.78, 5) is 21.0. The zero-order valence-corrected chi connectivity index (χ0v) is 7.71. The van der Waals surface area contributed by atoms with E-state index in [4.69, 9.17) is 0 Å². The van der Waals surface area contributed by atoms with E-state index < -0.39 is 4.92 Å². The first-order chi connectivity index (χ1) is 6.19. The number of aldehydes is 1. The Hall–Kier alpha value is -1.36. The lowest BCUT2D eigenvalue weighted by atomic mass is 10.2. The Kier molecular flexibility index (Phi) is 3.02. The molecule has 13 heavy (non-hydrogen) atoms. The molecule has 0 unspecified atom stereocenters. The number of nitro groups is 1. The molecule has 0 aliphatic carbocycles. The molecule has 0 radical (unpaired) electrons. The van der Waals surface area contributed by atoms with Gasteiger partial charge in [0.15, 0.2) is 0 Å². The Labute approximate surface area is 79.1 Å². The zero-order valence-electron chi connectivity index (χ0n) is 6.89. The Morgan fingerprint density at radius 3 is 2.69 bits per heavy atom. The average molecular weight is 197 g/mol. The molecule has 0 aromatic heterocycles. The highest BCUT2D eigenvalue weighted by Crippen LogP contribution is 2.27. The monoisotopic (exact) mass is 197 g/mol. The third kappa shape index (κ3) is 2.06. The van der Waals surface area contributed by atoms with Gasteiger partial charge in [0.2, 0.25) is 0 Å². The lowest BCUT2D eigenvalue weighted by Gasteiger charge is -1.98. The second-order valence-corrected chi connectivity index (χ2v) is 3.15. The predicted molar refractivity (Wildman–Crippen MR) is 50.3 cm³/mol. The van der Waals surface area contributed by atoms with Crippen LogP contribution in [0.2, 0.25) is 0 Å². The van der Waals surface area contributed by atoms with E-state index in [1.54, 1.807) is 18.4 Å². The van der Waals surface area contributed by atoms with Gasteiger partial charge in [-0.25, -0.2) is 0 Å². The van der Waals surface area contributed by atoms with Crippen molar-refractivity contribution >= 4 is 23.7 Å². The minimum absolute atomic E-state index is 0.0166. The van der Waals surface area contributed by atoms with E-state index in [0.29, 0.717) is 16.7 Å². The second kappa shape index (κ2) is 4.04. The number of carbonyl (C=O) groups is 1. The summed E-state index contributed by atoms with van der Waals surface area (Å²) in [5.41, 5.74) is 0.307. The Bertz CT molecular complexity index is 351. The summed E-state index contributed by atoms with van der Waals surface area (Å²) in [7, 11) is 0. The van der Waals surface area contributed by atoms with Gasteiger partial charge in [0, 0.05) is 11.6 Å². The standard InChI is InChI=1S/C8H7NO3S/c1-13-8-3-2-6(5-10)4-7(8)9(11)12/h2-5H,1H3. The van der Waals surface area contributed by atoms with Crippen LogP contribution in [-0.4, -0.2) is 17.5 Å². The highest BCUT2D eigenvalue weighted by Gasteiger charge is 2.12. The Morgan fingerprint density at radius 1 is 1.54 bits per heavy atom. The molecule has 0 bridgehead atoms. The van der Waals surface area contributed by atoms with E-state index in [0.717, 1.165) is 0 Å². The molecular weight excluding hydrogens is 190 g/mol. The molecule has 1 aromatic carbocycles. The van der Waals surface area contributed by atoms with Crippen LogP contribution >= 0.6 is 11.8 Å². The Balaban J connectivity index is 3.25. The van der Waals surface area contributed by atoms with E-state index in [2.05, 4.69) is 0 Å². The van der Waals surface area contributed by atoms with Crippen LogP contribution in [0.3, 0.4) is 0 Å². The highest BCUT2D eigenvalue weighted by molar-refractivity contribution is 7.98. The molecule has 4 nitrogen and oxygen atoms in total. The number of carbonyl (C=O) groups excluding carboxylic acids is 1. The van der Waals surface area contributed by atoms with Crippen LogP contribution in [0.1, 0.15) is 10.4 Å². The van der Waals surface area contributed by atoms with Gasteiger partial charge >= 0.3 is 0 Å². The van der Waals surface area contributed by atoms with E-state index in [9.17, 15) is 14.9 Å². The van der Waals surface area contributed by atoms with Gasteiger partial charge in [0.05, 0.1) is 9.82 Å². The number of nitro benzene ring substituents is 1. The first-order valence-corrected chi connectivity index (χ1v) is 4.69. The normalized spacial score (nSPS) is 9.62. The molecule has 68 valence electrons. The van der Waals surface area contributed by atoms with Crippen LogP contribution in [0.25, 0.3) is 0 Å². The van der Waals surface area contributed by atoms with E-state index in [-0.39, 0.29) is 5.69 Å². The first kappa shape index (κ1) is 9.73. The number of nitrogens with zero attached hydrogens (tertiary/aromatic N) is 1. The van der Waals surface area contributed by atoms with Crippen molar-refractivity contribution in [1.29, 1.82) is 0 Å². The zero-order chi connectivity index (χ0) is 9.84. The smallest absolute Gasteiger partial charge is 0.283 e. The number of hydrogen-bond donors (Lipinski definition) is 0. The molecule has 1 aromatic rings. The van der Waals surface area contributed by atoms with Gasteiger partial charge in [-0.1, -0.05) is 6.07 Å². The van der Waals surface area contributed by atoms with Crippen molar-refractivity contribution in [2.75, 3.05) is 6.26 Å². The van der Waals surface area contributed by atoms with Crippen molar-refractivity contribution in [3.63, 3.8) is 0 Å². The molecule has 0 saturated carbocycles. The van der Waals surface area contributed by atoms with E-state index >= 15 is 0 Å². The molecular formula is C8H7NO3S. The van der Waals surface area contributed by atoms with Gasteiger partial charge in [-0.05, 0) is 12.3 Å². The van der Waals surface area contributed by atoms with Gasteiger partial charge in [0.1, 0.15) is 6.29 Å². The molecule has 0 aliphatic rings. The van der Waals surface area contributed by atoms with Crippen LogP contribution in [0, 0.1) is 10.1 Å². The Morgan fingerprint density at radius 2 is 2.23 bits per heavy atom. The van der Waals surface area contributed by atoms with Crippen molar-refractivity contribution in [1.82, 2.24) is 0 Å². The summed E-state index contributed by atoms with van der Waals surface area (Å²) in [5, 5.41) is 10.5. The van der Waals surface area contributed by atoms with Crippen LogP contribution in [-0.2, 0) is 0 Å². The maximum atomic E-state index is 10.5. The fourth-order valence-corrected chi connectivity index (χ4v) is 1.47. The third-order valence-corrected chi connectivity index (χ3v) is 2.32.